The summed E-state index contributed by atoms with van der Waals surface area (Å²) in [5.74, 6) is 0.0254. The standard InChI is InChI=1S/C10H9N3O/c11-3-4-12-8-1-2-9-7(5-8)6-10(14)13-9/h1-2,5,12H,4,6H2,(H,13,14). The van der Waals surface area contributed by atoms with Crippen molar-refractivity contribution in [2.45, 2.75) is 6.42 Å². The molecule has 4 nitrogen and oxygen atoms in total. The predicted octanol–water partition coefficient (Wildman–Crippen LogP) is 1.12. The molecule has 4 heteroatoms. The van der Waals surface area contributed by atoms with Crippen LogP contribution in [0, 0.1) is 11.3 Å². The van der Waals surface area contributed by atoms with Crippen molar-refractivity contribution >= 4 is 17.3 Å². The van der Waals surface area contributed by atoms with Crippen molar-refractivity contribution in [3.05, 3.63) is 23.8 Å². The lowest BCUT2D eigenvalue weighted by molar-refractivity contribution is -0.115. The van der Waals surface area contributed by atoms with E-state index in [1.807, 2.05) is 24.3 Å². The Bertz CT molecular complexity index is 420. The van der Waals surface area contributed by atoms with E-state index < -0.39 is 0 Å². The van der Waals surface area contributed by atoms with Crippen LogP contribution in [0.2, 0.25) is 0 Å². The van der Waals surface area contributed by atoms with Crippen molar-refractivity contribution < 1.29 is 4.79 Å². The highest BCUT2D eigenvalue weighted by molar-refractivity contribution is 5.99. The molecule has 0 saturated heterocycles. The fourth-order valence-corrected chi connectivity index (χ4v) is 1.48. The SMILES string of the molecule is N#CCNc1ccc2c(c1)CC(=O)N2. The number of nitrogens with zero attached hydrogens (tertiary/aromatic N) is 1. The molecule has 1 aliphatic rings. The molecule has 0 aromatic heterocycles. The summed E-state index contributed by atoms with van der Waals surface area (Å²) in [4.78, 5) is 11.0. The highest BCUT2D eigenvalue weighted by Crippen LogP contribution is 2.25. The third-order valence-electron chi connectivity index (χ3n) is 2.10. The number of carbonyl (C=O) groups excluding carboxylic acids is 1. The second-order valence-electron chi connectivity index (χ2n) is 3.11. The van der Waals surface area contributed by atoms with E-state index in [-0.39, 0.29) is 12.5 Å². The van der Waals surface area contributed by atoms with Gasteiger partial charge in [0.1, 0.15) is 6.54 Å². The zero-order valence-corrected chi connectivity index (χ0v) is 7.50. The number of hydrogen-bond donors (Lipinski definition) is 2. The summed E-state index contributed by atoms with van der Waals surface area (Å²) in [6, 6.07) is 7.59. The third-order valence-corrected chi connectivity index (χ3v) is 2.10. The number of benzene rings is 1. The Morgan fingerprint density at radius 3 is 3.21 bits per heavy atom. The maximum Gasteiger partial charge on any atom is 0.228 e. The van der Waals surface area contributed by atoms with Crippen molar-refractivity contribution in [3.8, 4) is 6.07 Å². The number of hydrogen-bond acceptors (Lipinski definition) is 3. The fourth-order valence-electron chi connectivity index (χ4n) is 1.48. The van der Waals surface area contributed by atoms with Gasteiger partial charge in [-0.25, -0.2) is 0 Å². The molecule has 1 amide bonds. The molecule has 1 aromatic rings. The number of anilines is 2. The molecule has 70 valence electrons. The largest absolute Gasteiger partial charge is 0.372 e. The van der Waals surface area contributed by atoms with Gasteiger partial charge >= 0.3 is 0 Å². The van der Waals surface area contributed by atoms with Gasteiger partial charge in [-0.05, 0) is 23.8 Å². The van der Waals surface area contributed by atoms with Gasteiger partial charge in [0.05, 0.1) is 12.5 Å². The molecule has 0 spiro atoms. The molecule has 1 aromatic carbocycles. The highest BCUT2D eigenvalue weighted by atomic mass is 16.1. The van der Waals surface area contributed by atoms with Crippen molar-refractivity contribution in [2.24, 2.45) is 0 Å². The summed E-state index contributed by atoms with van der Waals surface area (Å²) in [5, 5.41) is 14.1. The Hall–Kier alpha value is -2.02. The summed E-state index contributed by atoms with van der Waals surface area (Å²) < 4.78 is 0. The molecule has 14 heavy (non-hydrogen) atoms. The van der Waals surface area contributed by atoms with Crippen LogP contribution in [-0.2, 0) is 11.2 Å². The maximum atomic E-state index is 11.0. The number of fused-ring (bicyclic) bond motifs is 1. The number of rotatable bonds is 2. The predicted molar refractivity (Wildman–Crippen MR) is 52.9 cm³/mol. The minimum atomic E-state index is 0.0254. The monoisotopic (exact) mass is 187 g/mol. The van der Waals surface area contributed by atoms with Gasteiger partial charge in [0.2, 0.25) is 5.91 Å². The number of nitrogens with one attached hydrogen (secondary N) is 2. The Kier molecular flexibility index (Phi) is 2.07. The van der Waals surface area contributed by atoms with Gasteiger partial charge in [-0.1, -0.05) is 0 Å². The lowest BCUT2D eigenvalue weighted by atomic mass is 10.1. The molecule has 1 heterocycles. The first kappa shape index (κ1) is 8.57. The van der Waals surface area contributed by atoms with Gasteiger partial charge in [-0.15, -0.1) is 0 Å². The zero-order valence-electron chi connectivity index (χ0n) is 7.50. The van der Waals surface area contributed by atoms with Gasteiger partial charge in [-0.3, -0.25) is 4.79 Å². The quantitative estimate of drug-likeness (QED) is 0.682. The van der Waals surface area contributed by atoms with Crippen LogP contribution in [0.1, 0.15) is 5.56 Å². The van der Waals surface area contributed by atoms with Gasteiger partial charge in [-0.2, -0.15) is 5.26 Å². The van der Waals surface area contributed by atoms with Gasteiger partial charge < -0.3 is 10.6 Å². The Balaban J connectivity index is 2.21. The highest BCUT2D eigenvalue weighted by Gasteiger charge is 2.16. The average Bonchev–Trinajstić information content (AvgIpc) is 2.54. The lowest BCUT2D eigenvalue weighted by Gasteiger charge is -2.03. The third kappa shape index (κ3) is 1.52. The minimum Gasteiger partial charge on any atom is -0.372 e. The van der Waals surface area contributed by atoms with E-state index in [2.05, 4.69) is 10.6 Å². The van der Waals surface area contributed by atoms with Gasteiger partial charge in [0.15, 0.2) is 0 Å². The van der Waals surface area contributed by atoms with Crippen LogP contribution in [0.25, 0.3) is 0 Å². The van der Waals surface area contributed by atoms with Crippen molar-refractivity contribution in [1.29, 1.82) is 5.26 Å². The van der Waals surface area contributed by atoms with Crippen molar-refractivity contribution in [2.75, 3.05) is 17.2 Å². The van der Waals surface area contributed by atoms with Crippen LogP contribution < -0.4 is 10.6 Å². The second kappa shape index (κ2) is 3.38. The summed E-state index contributed by atoms with van der Waals surface area (Å²) in [7, 11) is 0. The first-order valence-corrected chi connectivity index (χ1v) is 4.33. The molecule has 0 fully saturated rings. The number of carbonyl (C=O) groups is 1. The number of amides is 1. The average molecular weight is 187 g/mol. The van der Waals surface area contributed by atoms with E-state index in [0.717, 1.165) is 16.9 Å². The number of nitriles is 1. The van der Waals surface area contributed by atoms with E-state index in [1.54, 1.807) is 0 Å². The molecule has 0 radical (unpaired) electrons. The van der Waals surface area contributed by atoms with Crippen LogP contribution in [0.3, 0.4) is 0 Å². The van der Waals surface area contributed by atoms with Crippen LogP contribution in [0.4, 0.5) is 11.4 Å². The smallest absolute Gasteiger partial charge is 0.228 e. The molecule has 2 N–H and O–H groups in total. The van der Waals surface area contributed by atoms with Gasteiger partial charge in [0, 0.05) is 11.4 Å². The molecular weight excluding hydrogens is 178 g/mol. The van der Waals surface area contributed by atoms with E-state index >= 15 is 0 Å². The van der Waals surface area contributed by atoms with E-state index in [1.165, 1.54) is 0 Å². The molecular formula is C10H9N3O. The summed E-state index contributed by atoms with van der Waals surface area (Å²) >= 11 is 0. The molecule has 0 bridgehead atoms. The molecule has 1 aliphatic heterocycles. The minimum absolute atomic E-state index is 0.0254. The normalized spacial score (nSPS) is 12.9. The first-order chi connectivity index (χ1) is 6.79. The van der Waals surface area contributed by atoms with Crippen molar-refractivity contribution in [1.82, 2.24) is 0 Å². The topological polar surface area (TPSA) is 64.9 Å². The Morgan fingerprint density at radius 2 is 2.43 bits per heavy atom. The molecule has 2 rings (SSSR count). The molecule has 0 saturated carbocycles. The lowest BCUT2D eigenvalue weighted by Crippen LogP contribution is -2.03. The van der Waals surface area contributed by atoms with E-state index in [9.17, 15) is 4.79 Å². The van der Waals surface area contributed by atoms with Crippen LogP contribution in [0.5, 0.6) is 0 Å². The molecule has 0 atom stereocenters. The first-order valence-electron chi connectivity index (χ1n) is 4.33. The van der Waals surface area contributed by atoms with Crippen molar-refractivity contribution in [3.63, 3.8) is 0 Å². The van der Waals surface area contributed by atoms with Crippen LogP contribution in [-0.4, -0.2) is 12.5 Å². The Morgan fingerprint density at radius 1 is 1.57 bits per heavy atom. The van der Waals surface area contributed by atoms with E-state index in [4.69, 9.17) is 5.26 Å². The molecule has 0 unspecified atom stereocenters. The molecule has 0 aliphatic carbocycles. The second-order valence-corrected chi connectivity index (χ2v) is 3.11. The summed E-state index contributed by atoms with van der Waals surface area (Å²) in [5.41, 5.74) is 2.73. The Labute approximate surface area is 81.5 Å². The summed E-state index contributed by atoms with van der Waals surface area (Å²) in [6.07, 6.45) is 0.428. The van der Waals surface area contributed by atoms with Gasteiger partial charge in [0.25, 0.3) is 0 Å². The maximum absolute atomic E-state index is 11.0. The summed E-state index contributed by atoms with van der Waals surface area (Å²) in [6.45, 7) is 0.278. The van der Waals surface area contributed by atoms with Crippen LogP contribution in [0.15, 0.2) is 18.2 Å². The van der Waals surface area contributed by atoms with E-state index in [0.29, 0.717) is 6.42 Å². The fraction of sp³-hybridized carbons (Fsp3) is 0.200. The zero-order chi connectivity index (χ0) is 9.97. The van der Waals surface area contributed by atoms with Crippen LogP contribution >= 0.6 is 0 Å².